The first kappa shape index (κ1) is 25.1. The normalized spacial score (nSPS) is 10.6. The highest BCUT2D eigenvalue weighted by Crippen LogP contribution is 2.06. The standard InChI is InChI=1S/C27H35N3.ClH/c1-3-11-24(12-4-1)15-7-9-19-28-21-26-17-18-27(30-22-26)23-29-20-10-8-16-25-13-5-2-6-14-25;/h1-6,11-14,17-18,22,28-29H,7-10,15-16,19-21,23H2;1H. The fourth-order valence-electron chi connectivity index (χ4n) is 3.56. The van der Waals surface area contributed by atoms with Gasteiger partial charge in [-0.3, -0.25) is 4.98 Å². The van der Waals surface area contributed by atoms with Crippen LogP contribution in [0.1, 0.15) is 48.1 Å². The molecule has 1 heterocycles. The third-order valence-electron chi connectivity index (χ3n) is 5.34. The van der Waals surface area contributed by atoms with E-state index in [0.717, 1.165) is 44.7 Å². The van der Waals surface area contributed by atoms with Crippen molar-refractivity contribution in [3.05, 3.63) is 101 Å². The molecule has 166 valence electrons. The fourth-order valence-corrected chi connectivity index (χ4v) is 3.56. The van der Waals surface area contributed by atoms with E-state index >= 15 is 0 Å². The van der Waals surface area contributed by atoms with Gasteiger partial charge in [0.15, 0.2) is 0 Å². The number of nitrogens with zero attached hydrogens (tertiary/aromatic N) is 1. The largest absolute Gasteiger partial charge is 0.313 e. The molecule has 0 spiro atoms. The monoisotopic (exact) mass is 437 g/mol. The van der Waals surface area contributed by atoms with Crippen LogP contribution in [0.15, 0.2) is 79.0 Å². The fraction of sp³-hybridized carbons (Fsp3) is 0.370. The Balaban J connectivity index is 0.00000341. The van der Waals surface area contributed by atoms with Crippen molar-refractivity contribution < 1.29 is 0 Å². The number of hydrogen-bond acceptors (Lipinski definition) is 3. The Labute approximate surface area is 194 Å². The van der Waals surface area contributed by atoms with Crippen LogP contribution in [0.5, 0.6) is 0 Å². The maximum absolute atomic E-state index is 4.60. The Morgan fingerprint density at radius 1 is 0.548 bits per heavy atom. The van der Waals surface area contributed by atoms with Gasteiger partial charge in [0.2, 0.25) is 0 Å². The maximum Gasteiger partial charge on any atom is 0.0541 e. The van der Waals surface area contributed by atoms with Crippen LogP contribution in [0.3, 0.4) is 0 Å². The van der Waals surface area contributed by atoms with Crippen LogP contribution >= 0.6 is 12.4 Å². The lowest BCUT2D eigenvalue weighted by molar-refractivity contribution is 0.612. The second-order valence-electron chi connectivity index (χ2n) is 7.90. The van der Waals surface area contributed by atoms with Crippen molar-refractivity contribution in [1.29, 1.82) is 0 Å². The van der Waals surface area contributed by atoms with Gasteiger partial charge in [-0.2, -0.15) is 0 Å². The van der Waals surface area contributed by atoms with Crippen molar-refractivity contribution in [1.82, 2.24) is 15.6 Å². The minimum absolute atomic E-state index is 0. The van der Waals surface area contributed by atoms with E-state index in [1.165, 1.54) is 42.4 Å². The van der Waals surface area contributed by atoms with Gasteiger partial charge in [-0.1, -0.05) is 66.7 Å². The van der Waals surface area contributed by atoms with Gasteiger partial charge in [0.05, 0.1) is 5.69 Å². The summed E-state index contributed by atoms with van der Waals surface area (Å²) < 4.78 is 0. The average Bonchev–Trinajstić information content (AvgIpc) is 2.81. The third-order valence-corrected chi connectivity index (χ3v) is 5.34. The Kier molecular flexibility index (Phi) is 12.6. The van der Waals surface area contributed by atoms with Crippen molar-refractivity contribution in [2.45, 2.75) is 51.6 Å². The number of halogens is 1. The Morgan fingerprint density at radius 3 is 1.61 bits per heavy atom. The van der Waals surface area contributed by atoms with E-state index in [-0.39, 0.29) is 12.4 Å². The number of benzene rings is 2. The summed E-state index contributed by atoms with van der Waals surface area (Å²) >= 11 is 0. The number of pyridine rings is 1. The minimum Gasteiger partial charge on any atom is -0.313 e. The van der Waals surface area contributed by atoms with Crippen LogP contribution < -0.4 is 10.6 Å². The first-order chi connectivity index (χ1) is 14.9. The number of nitrogens with one attached hydrogen (secondary N) is 2. The second-order valence-corrected chi connectivity index (χ2v) is 7.90. The van der Waals surface area contributed by atoms with Gasteiger partial charge >= 0.3 is 0 Å². The summed E-state index contributed by atoms with van der Waals surface area (Å²) in [7, 11) is 0. The molecule has 0 radical (unpaired) electrons. The van der Waals surface area contributed by atoms with Crippen LogP contribution in [0.2, 0.25) is 0 Å². The van der Waals surface area contributed by atoms with E-state index in [4.69, 9.17) is 0 Å². The van der Waals surface area contributed by atoms with Crippen LogP contribution in [0.4, 0.5) is 0 Å². The summed E-state index contributed by atoms with van der Waals surface area (Å²) in [6.07, 6.45) is 9.18. The van der Waals surface area contributed by atoms with E-state index < -0.39 is 0 Å². The van der Waals surface area contributed by atoms with Crippen LogP contribution in [0.25, 0.3) is 0 Å². The molecule has 2 aromatic carbocycles. The number of rotatable bonds is 14. The first-order valence-corrected chi connectivity index (χ1v) is 11.3. The van der Waals surface area contributed by atoms with Gasteiger partial charge in [0.25, 0.3) is 0 Å². The Morgan fingerprint density at radius 2 is 1.10 bits per heavy atom. The summed E-state index contributed by atoms with van der Waals surface area (Å²) in [6, 6.07) is 25.8. The molecule has 3 aromatic rings. The molecule has 0 bridgehead atoms. The van der Waals surface area contributed by atoms with Gasteiger partial charge in [-0.25, -0.2) is 0 Å². The molecule has 0 unspecified atom stereocenters. The van der Waals surface area contributed by atoms with Crippen molar-refractivity contribution in [2.75, 3.05) is 13.1 Å². The number of aromatic nitrogens is 1. The summed E-state index contributed by atoms with van der Waals surface area (Å²) in [6.45, 7) is 3.84. The molecule has 4 heteroatoms. The summed E-state index contributed by atoms with van der Waals surface area (Å²) in [5.41, 5.74) is 5.23. The average molecular weight is 438 g/mol. The van der Waals surface area contributed by atoms with Gasteiger partial charge in [-0.15, -0.1) is 12.4 Å². The Hall–Kier alpha value is -2.20. The number of hydrogen-bond donors (Lipinski definition) is 2. The van der Waals surface area contributed by atoms with Gasteiger partial charge in [0.1, 0.15) is 0 Å². The zero-order valence-electron chi connectivity index (χ0n) is 18.4. The molecule has 0 saturated carbocycles. The minimum atomic E-state index is 0. The second kappa shape index (κ2) is 15.6. The van der Waals surface area contributed by atoms with E-state index in [9.17, 15) is 0 Å². The lowest BCUT2D eigenvalue weighted by atomic mass is 10.1. The highest BCUT2D eigenvalue weighted by molar-refractivity contribution is 5.85. The highest BCUT2D eigenvalue weighted by atomic mass is 35.5. The highest BCUT2D eigenvalue weighted by Gasteiger charge is 1.98. The molecule has 3 nitrogen and oxygen atoms in total. The Bertz CT molecular complexity index is 736. The van der Waals surface area contributed by atoms with Crippen molar-refractivity contribution in [3.63, 3.8) is 0 Å². The van der Waals surface area contributed by atoms with Crippen LogP contribution in [0, 0.1) is 0 Å². The molecule has 0 aliphatic heterocycles. The van der Waals surface area contributed by atoms with E-state index in [1.54, 1.807) is 0 Å². The van der Waals surface area contributed by atoms with E-state index in [0.29, 0.717) is 0 Å². The topological polar surface area (TPSA) is 37.0 Å². The van der Waals surface area contributed by atoms with E-state index in [1.807, 2.05) is 6.20 Å². The molecule has 31 heavy (non-hydrogen) atoms. The molecule has 0 saturated heterocycles. The SMILES string of the molecule is Cl.c1ccc(CCCCNCc2ccc(CNCCCCc3ccccc3)nc2)cc1. The number of aryl methyl sites for hydroxylation is 2. The van der Waals surface area contributed by atoms with Gasteiger partial charge < -0.3 is 10.6 Å². The first-order valence-electron chi connectivity index (χ1n) is 11.3. The van der Waals surface area contributed by atoms with E-state index in [2.05, 4.69) is 88.4 Å². The summed E-state index contributed by atoms with van der Waals surface area (Å²) in [5, 5.41) is 7.04. The number of unbranched alkanes of at least 4 members (excludes halogenated alkanes) is 2. The predicted octanol–water partition coefficient (Wildman–Crippen LogP) is 5.73. The zero-order chi connectivity index (χ0) is 20.7. The molecular formula is C27H36ClN3. The van der Waals surface area contributed by atoms with Crippen molar-refractivity contribution in [2.24, 2.45) is 0 Å². The van der Waals surface area contributed by atoms with Crippen LogP contribution in [-0.2, 0) is 25.9 Å². The quantitative estimate of drug-likeness (QED) is 0.316. The predicted molar refractivity (Wildman–Crippen MR) is 134 cm³/mol. The molecule has 0 fully saturated rings. The summed E-state index contributed by atoms with van der Waals surface area (Å²) in [4.78, 5) is 4.60. The van der Waals surface area contributed by atoms with Gasteiger partial charge in [0, 0.05) is 19.3 Å². The maximum atomic E-state index is 4.60. The molecule has 3 rings (SSSR count). The third kappa shape index (κ3) is 10.6. The molecule has 2 N–H and O–H groups in total. The molecule has 0 amide bonds. The molecular weight excluding hydrogens is 402 g/mol. The molecule has 0 aliphatic carbocycles. The lowest BCUT2D eigenvalue weighted by Crippen LogP contribution is -2.17. The smallest absolute Gasteiger partial charge is 0.0541 e. The molecule has 1 aromatic heterocycles. The molecule has 0 aliphatic rings. The van der Waals surface area contributed by atoms with Crippen molar-refractivity contribution in [3.8, 4) is 0 Å². The van der Waals surface area contributed by atoms with Crippen LogP contribution in [-0.4, -0.2) is 18.1 Å². The van der Waals surface area contributed by atoms with Crippen molar-refractivity contribution >= 4 is 12.4 Å². The van der Waals surface area contributed by atoms with Gasteiger partial charge in [-0.05, 0) is 74.4 Å². The summed E-state index contributed by atoms with van der Waals surface area (Å²) in [5.74, 6) is 0. The lowest BCUT2D eigenvalue weighted by Gasteiger charge is -2.07. The zero-order valence-corrected chi connectivity index (χ0v) is 19.2. The molecule has 0 atom stereocenters.